The Kier molecular flexibility index (Phi) is 5.60. The quantitative estimate of drug-likeness (QED) is 0.673. The van der Waals surface area contributed by atoms with Crippen molar-refractivity contribution in [2.75, 3.05) is 14.2 Å². The van der Waals surface area contributed by atoms with E-state index >= 15 is 0 Å². The Morgan fingerprint density at radius 2 is 1.61 bits per heavy atom. The Hall–Kier alpha value is -2.53. The number of amides is 1. The molecule has 0 aliphatic carbocycles. The number of nitrogens with zero attached hydrogens (tertiary/aromatic N) is 1. The molecule has 0 spiro atoms. The first-order chi connectivity index (χ1) is 11.0. The molecule has 120 valence electrons. The van der Waals surface area contributed by atoms with Crippen LogP contribution >= 0.6 is 11.6 Å². The van der Waals surface area contributed by atoms with E-state index in [1.165, 1.54) is 14.2 Å². The normalized spacial score (nSPS) is 11.0. The van der Waals surface area contributed by atoms with E-state index in [0.717, 1.165) is 5.56 Å². The summed E-state index contributed by atoms with van der Waals surface area (Å²) in [4.78, 5) is 12.2. The molecule has 0 radical (unpaired) electrons. The van der Waals surface area contributed by atoms with Crippen molar-refractivity contribution in [1.82, 2.24) is 5.43 Å². The van der Waals surface area contributed by atoms with E-state index in [0.29, 0.717) is 27.8 Å². The molecule has 23 heavy (non-hydrogen) atoms. The summed E-state index contributed by atoms with van der Waals surface area (Å²) in [7, 11) is 3.06. The predicted octanol–water partition coefficient (Wildman–Crippen LogP) is 3.51. The molecule has 0 fully saturated rings. The molecule has 1 amide bonds. The van der Waals surface area contributed by atoms with E-state index in [1.807, 2.05) is 12.1 Å². The summed E-state index contributed by atoms with van der Waals surface area (Å²) in [6.07, 6.45) is 0. The molecule has 0 bridgehead atoms. The van der Waals surface area contributed by atoms with Gasteiger partial charge in [0.05, 0.1) is 19.9 Å². The highest BCUT2D eigenvalue weighted by Crippen LogP contribution is 2.27. The van der Waals surface area contributed by atoms with Gasteiger partial charge < -0.3 is 9.47 Å². The van der Waals surface area contributed by atoms with Crippen molar-refractivity contribution in [2.24, 2.45) is 5.10 Å². The summed E-state index contributed by atoms with van der Waals surface area (Å²) in [5, 5.41) is 4.75. The summed E-state index contributed by atoms with van der Waals surface area (Å²) in [5.41, 5.74) is 4.50. The number of methoxy groups -OCH3 is 2. The third-order valence-electron chi connectivity index (χ3n) is 3.23. The third-order valence-corrected chi connectivity index (χ3v) is 3.48. The van der Waals surface area contributed by atoms with Crippen LogP contribution in [0.1, 0.15) is 22.8 Å². The van der Waals surface area contributed by atoms with Crippen LogP contribution in [0.3, 0.4) is 0 Å². The van der Waals surface area contributed by atoms with Crippen molar-refractivity contribution in [3.8, 4) is 11.5 Å². The molecule has 6 heteroatoms. The molecule has 0 saturated heterocycles. The minimum Gasteiger partial charge on any atom is -0.493 e. The second kappa shape index (κ2) is 7.65. The maximum absolute atomic E-state index is 12.2. The Balaban J connectivity index is 2.12. The number of halogens is 1. The number of hydrogen-bond acceptors (Lipinski definition) is 4. The molecule has 2 rings (SSSR count). The first-order valence-electron chi connectivity index (χ1n) is 6.87. The topological polar surface area (TPSA) is 59.9 Å². The molecule has 0 aliphatic rings. The fraction of sp³-hybridized carbons (Fsp3) is 0.176. The van der Waals surface area contributed by atoms with E-state index in [1.54, 1.807) is 37.3 Å². The Morgan fingerprint density at radius 1 is 1.00 bits per heavy atom. The molecule has 2 aromatic rings. The number of hydrazone groups is 1. The van der Waals surface area contributed by atoms with Crippen LogP contribution in [0, 0.1) is 0 Å². The fourth-order valence-electron chi connectivity index (χ4n) is 1.93. The van der Waals surface area contributed by atoms with Crippen LogP contribution in [0.15, 0.2) is 47.6 Å². The fourth-order valence-corrected chi connectivity index (χ4v) is 2.06. The highest BCUT2D eigenvalue weighted by atomic mass is 35.5. The van der Waals surface area contributed by atoms with Crippen LogP contribution in [0.4, 0.5) is 0 Å². The SMILES string of the molecule is COc1ccc(C(=O)NN=C(C)c2ccc(Cl)cc2)cc1OC. The van der Waals surface area contributed by atoms with Gasteiger partial charge in [0, 0.05) is 10.6 Å². The number of rotatable bonds is 5. The van der Waals surface area contributed by atoms with Crippen LogP contribution in [-0.4, -0.2) is 25.8 Å². The van der Waals surface area contributed by atoms with Gasteiger partial charge in [-0.05, 0) is 42.8 Å². The van der Waals surface area contributed by atoms with Gasteiger partial charge in [0.15, 0.2) is 11.5 Å². The molecule has 0 aromatic heterocycles. The van der Waals surface area contributed by atoms with Gasteiger partial charge >= 0.3 is 0 Å². The molecular weight excluding hydrogens is 316 g/mol. The van der Waals surface area contributed by atoms with Crippen molar-refractivity contribution in [1.29, 1.82) is 0 Å². The minimum atomic E-state index is -0.334. The van der Waals surface area contributed by atoms with Gasteiger partial charge in [0.2, 0.25) is 0 Å². The van der Waals surface area contributed by atoms with Crippen LogP contribution in [0.2, 0.25) is 5.02 Å². The third kappa shape index (κ3) is 4.23. The van der Waals surface area contributed by atoms with Crippen molar-refractivity contribution >= 4 is 23.2 Å². The summed E-state index contributed by atoms with van der Waals surface area (Å²) >= 11 is 5.85. The second-order valence-corrected chi connectivity index (χ2v) is 5.15. The minimum absolute atomic E-state index is 0.334. The zero-order chi connectivity index (χ0) is 16.8. The first kappa shape index (κ1) is 16.8. The number of benzene rings is 2. The second-order valence-electron chi connectivity index (χ2n) is 4.71. The first-order valence-corrected chi connectivity index (χ1v) is 7.25. The number of nitrogens with one attached hydrogen (secondary N) is 1. The monoisotopic (exact) mass is 332 g/mol. The predicted molar refractivity (Wildman–Crippen MR) is 90.7 cm³/mol. The van der Waals surface area contributed by atoms with Crippen LogP contribution in [0.5, 0.6) is 11.5 Å². The molecule has 1 N–H and O–H groups in total. The van der Waals surface area contributed by atoms with Crippen molar-refractivity contribution in [3.05, 3.63) is 58.6 Å². The molecular formula is C17H17ClN2O3. The van der Waals surface area contributed by atoms with Gasteiger partial charge in [-0.2, -0.15) is 5.10 Å². The smallest absolute Gasteiger partial charge is 0.271 e. The number of hydrogen-bond donors (Lipinski definition) is 1. The largest absolute Gasteiger partial charge is 0.493 e. The number of carbonyl (C=O) groups is 1. The van der Waals surface area contributed by atoms with Gasteiger partial charge in [0.1, 0.15) is 0 Å². The molecule has 0 unspecified atom stereocenters. The lowest BCUT2D eigenvalue weighted by Crippen LogP contribution is -2.19. The molecule has 0 heterocycles. The zero-order valence-corrected chi connectivity index (χ0v) is 13.8. The lowest BCUT2D eigenvalue weighted by molar-refractivity contribution is 0.0954. The van der Waals surface area contributed by atoms with Crippen molar-refractivity contribution in [3.63, 3.8) is 0 Å². The van der Waals surface area contributed by atoms with Gasteiger partial charge in [-0.25, -0.2) is 5.43 Å². The van der Waals surface area contributed by atoms with E-state index in [9.17, 15) is 4.79 Å². The molecule has 0 atom stereocenters. The average Bonchev–Trinajstić information content (AvgIpc) is 2.59. The van der Waals surface area contributed by atoms with E-state index < -0.39 is 0 Å². The van der Waals surface area contributed by atoms with Crippen LogP contribution in [-0.2, 0) is 0 Å². The Labute approximate surface area is 139 Å². The Bertz CT molecular complexity index is 727. The molecule has 2 aromatic carbocycles. The maximum Gasteiger partial charge on any atom is 0.271 e. The van der Waals surface area contributed by atoms with Crippen molar-refractivity contribution in [2.45, 2.75) is 6.92 Å². The van der Waals surface area contributed by atoms with E-state index in [4.69, 9.17) is 21.1 Å². The average molecular weight is 333 g/mol. The summed E-state index contributed by atoms with van der Waals surface area (Å²) in [6, 6.07) is 12.1. The molecule has 0 saturated carbocycles. The van der Waals surface area contributed by atoms with Gasteiger partial charge in [-0.15, -0.1) is 0 Å². The molecule has 0 aliphatic heterocycles. The zero-order valence-electron chi connectivity index (χ0n) is 13.1. The Morgan fingerprint density at radius 3 is 2.22 bits per heavy atom. The van der Waals surface area contributed by atoms with E-state index in [-0.39, 0.29) is 5.91 Å². The van der Waals surface area contributed by atoms with Crippen LogP contribution in [0.25, 0.3) is 0 Å². The lowest BCUT2D eigenvalue weighted by atomic mass is 10.1. The highest BCUT2D eigenvalue weighted by molar-refractivity contribution is 6.30. The lowest BCUT2D eigenvalue weighted by Gasteiger charge is -2.09. The standard InChI is InChI=1S/C17H17ClN2O3/c1-11(12-4-7-14(18)8-5-12)19-20-17(21)13-6-9-15(22-2)16(10-13)23-3/h4-10H,1-3H3,(H,20,21). The van der Waals surface area contributed by atoms with Gasteiger partial charge in [-0.3, -0.25) is 4.79 Å². The number of carbonyl (C=O) groups excluding carboxylic acids is 1. The molecule has 5 nitrogen and oxygen atoms in total. The highest BCUT2D eigenvalue weighted by Gasteiger charge is 2.10. The van der Waals surface area contributed by atoms with Crippen LogP contribution < -0.4 is 14.9 Å². The number of ether oxygens (including phenoxy) is 2. The maximum atomic E-state index is 12.2. The summed E-state index contributed by atoms with van der Waals surface area (Å²) in [6.45, 7) is 1.80. The van der Waals surface area contributed by atoms with E-state index in [2.05, 4.69) is 10.5 Å². The van der Waals surface area contributed by atoms with Crippen molar-refractivity contribution < 1.29 is 14.3 Å². The van der Waals surface area contributed by atoms with Gasteiger partial charge in [-0.1, -0.05) is 23.7 Å². The summed E-state index contributed by atoms with van der Waals surface area (Å²) < 4.78 is 10.3. The summed E-state index contributed by atoms with van der Waals surface area (Å²) in [5.74, 6) is 0.711. The van der Waals surface area contributed by atoms with Gasteiger partial charge in [0.25, 0.3) is 5.91 Å².